The zero-order valence-electron chi connectivity index (χ0n) is 11.9. The van der Waals surface area contributed by atoms with Gasteiger partial charge in [0.2, 0.25) is 0 Å². The maximum Gasteiger partial charge on any atom is -0.0414 e. The minimum absolute atomic E-state index is 1.11. The fourth-order valence-electron chi connectivity index (χ4n) is 2.06. The number of unbranched alkanes of at least 4 members (excludes halogenated alkanes) is 2. The van der Waals surface area contributed by atoms with Gasteiger partial charge in [0.25, 0.3) is 0 Å². The van der Waals surface area contributed by atoms with E-state index in [4.69, 9.17) is 0 Å². The summed E-state index contributed by atoms with van der Waals surface area (Å²) in [5.41, 5.74) is 0. The summed E-state index contributed by atoms with van der Waals surface area (Å²) in [6, 6.07) is 0. The van der Waals surface area contributed by atoms with Crippen molar-refractivity contribution in [3.05, 3.63) is 0 Å². The number of rotatable bonds is 4. The monoisotopic (exact) mass is 214 g/mol. The van der Waals surface area contributed by atoms with Crippen LogP contribution >= 0.6 is 0 Å². The van der Waals surface area contributed by atoms with Gasteiger partial charge in [0, 0.05) is 0 Å². The molecule has 94 valence electrons. The van der Waals surface area contributed by atoms with Crippen molar-refractivity contribution in [3.63, 3.8) is 0 Å². The van der Waals surface area contributed by atoms with Gasteiger partial charge in [-0.15, -0.1) is 0 Å². The van der Waals surface area contributed by atoms with Crippen LogP contribution in [0.25, 0.3) is 0 Å². The lowest BCUT2D eigenvalue weighted by atomic mass is 10.0. The number of hydrogen-bond donors (Lipinski definition) is 0. The van der Waals surface area contributed by atoms with Gasteiger partial charge in [0.1, 0.15) is 0 Å². The molecule has 1 rings (SSSR count). The molecule has 0 radical (unpaired) electrons. The minimum Gasteiger partial charge on any atom is -0.0683 e. The average Bonchev–Trinajstić information content (AvgIpc) is 2.76. The fraction of sp³-hybridized carbons (Fsp3) is 1.00. The molecular formula is C15H34. The van der Waals surface area contributed by atoms with Gasteiger partial charge in [-0.05, 0) is 5.92 Å². The third kappa shape index (κ3) is 14.0. The van der Waals surface area contributed by atoms with Gasteiger partial charge in [-0.1, -0.05) is 92.4 Å². The van der Waals surface area contributed by atoms with Crippen molar-refractivity contribution in [1.29, 1.82) is 0 Å². The molecule has 0 aromatic heterocycles. The van der Waals surface area contributed by atoms with Crippen molar-refractivity contribution in [1.82, 2.24) is 0 Å². The van der Waals surface area contributed by atoms with Crippen LogP contribution in [0.2, 0.25) is 0 Å². The molecule has 0 nitrogen and oxygen atoms in total. The largest absolute Gasteiger partial charge is 0.0683 e. The molecule has 1 fully saturated rings. The van der Waals surface area contributed by atoms with Crippen LogP contribution in [0.4, 0.5) is 0 Å². The van der Waals surface area contributed by atoms with Crippen LogP contribution in [0.3, 0.4) is 0 Å². The first-order valence-electron chi connectivity index (χ1n) is 7.35. The molecule has 1 saturated carbocycles. The molecule has 0 unspecified atom stereocenters. The lowest BCUT2D eigenvalue weighted by Crippen LogP contribution is -1.89. The molecule has 0 atom stereocenters. The van der Waals surface area contributed by atoms with Crippen LogP contribution in [0.5, 0.6) is 0 Å². The van der Waals surface area contributed by atoms with Gasteiger partial charge in [-0.25, -0.2) is 0 Å². The number of hydrogen-bond acceptors (Lipinski definition) is 0. The molecule has 0 spiro atoms. The van der Waals surface area contributed by atoms with Gasteiger partial charge in [0.15, 0.2) is 0 Å². The first-order chi connectivity index (χ1) is 7.35. The SMILES string of the molecule is CC.CCCC1CCCC1.CCCCC. The molecule has 0 aromatic carbocycles. The summed E-state index contributed by atoms with van der Waals surface area (Å²) < 4.78 is 0. The molecule has 0 heterocycles. The second kappa shape index (κ2) is 16.4. The van der Waals surface area contributed by atoms with Crippen molar-refractivity contribution in [2.45, 2.75) is 92.4 Å². The highest BCUT2D eigenvalue weighted by atomic mass is 14.2. The van der Waals surface area contributed by atoms with Crippen LogP contribution in [0.1, 0.15) is 92.4 Å². The molecule has 0 saturated heterocycles. The Kier molecular flexibility index (Phi) is 19.1. The molecule has 15 heavy (non-hydrogen) atoms. The summed E-state index contributed by atoms with van der Waals surface area (Å²) in [4.78, 5) is 0. The van der Waals surface area contributed by atoms with Crippen LogP contribution in [-0.4, -0.2) is 0 Å². The van der Waals surface area contributed by atoms with Crippen LogP contribution in [0, 0.1) is 5.92 Å². The topological polar surface area (TPSA) is 0 Å². The van der Waals surface area contributed by atoms with E-state index >= 15 is 0 Å². The highest BCUT2D eigenvalue weighted by Crippen LogP contribution is 2.27. The third-order valence-electron chi connectivity index (χ3n) is 2.88. The Morgan fingerprint density at radius 3 is 1.53 bits per heavy atom. The molecular weight excluding hydrogens is 180 g/mol. The summed E-state index contributed by atoms with van der Waals surface area (Å²) >= 11 is 0. The fourth-order valence-corrected chi connectivity index (χ4v) is 2.06. The van der Waals surface area contributed by atoms with Crippen molar-refractivity contribution in [3.8, 4) is 0 Å². The standard InChI is InChI=1S/C8H16.C5H12.C2H6/c1-2-5-8-6-3-4-7-8;1-3-5-4-2;1-2/h8H,2-7H2,1H3;3-5H2,1-2H3;1-2H3. The van der Waals surface area contributed by atoms with Crippen LogP contribution < -0.4 is 0 Å². The van der Waals surface area contributed by atoms with E-state index in [9.17, 15) is 0 Å². The van der Waals surface area contributed by atoms with E-state index in [-0.39, 0.29) is 0 Å². The van der Waals surface area contributed by atoms with E-state index < -0.39 is 0 Å². The smallest absolute Gasteiger partial charge is 0.0414 e. The second-order valence-corrected chi connectivity index (χ2v) is 4.29. The van der Waals surface area contributed by atoms with E-state index in [0.717, 1.165) is 5.92 Å². The Bertz CT molecular complexity index is 78.0. The van der Waals surface area contributed by atoms with Crippen molar-refractivity contribution < 1.29 is 0 Å². The Morgan fingerprint density at radius 1 is 0.800 bits per heavy atom. The molecule has 0 N–H and O–H groups in total. The van der Waals surface area contributed by atoms with Crippen molar-refractivity contribution in [2.24, 2.45) is 5.92 Å². The highest BCUT2D eigenvalue weighted by molar-refractivity contribution is 4.65. The zero-order chi connectivity index (χ0) is 11.9. The normalized spacial score (nSPS) is 15.0. The van der Waals surface area contributed by atoms with Gasteiger partial charge >= 0.3 is 0 Å². The minimum atomic E-state index is 1.11. The Balaban J connectivity index is 0. The Labute approximate surface area is 98.9 Å². The lowest BCUT2D eigenvalue weighted by molar-refractivity contribution is 0.496. The average molecular weight is 214 g/mol. The zero-order valence-corrected chi connectivity index (χ0v) is 11.9. The summed E-state index contributed by atoms with van der Waals surface area (Å²) in [6.45, 7) is 10.7. The molecule has 0 aromatic rings. The lowest BCUT2D eigenvalue weighted by Gasteiger charge is -2.03. The first kappa shape index (κ1) is 17.4. The molecule has 0 aliphatic heterocycles. The molecule has 0 amide bonds. The van der Waals surface area contributed by atoms with E-state index in [2.05, 4.69) is 20.8 Å². The van der Waals surface area contributed by atoms with E-state index in [1.807, 2.05) is 13.8 Å². The van der Waals surface area contributed by atoms with Crippen LogP contribution in [0.15, 0.2) is 0 Å². The summed E-state index contributed by atoms with van der Waals surface area (Å²) in [5, 5.41) is 0. The summed E-state index contributed by atoms with van der Waals surface area (Å²) in [6.07, 6.45) is 13.0. The molecule has 0 heteroatoms. The van der Waals surface area contributed by atoms with Gasteiger partial charge in [-0.3, -0.25) is 0 Å². The van der Waals surface area contributed by atoms with Gasteiger partial charge < -0.3 is 0 Å². The third-order valence-corrected chi connectivity index (χ3v) is 2.88. The van der Waals surface area contributed by atoms with E-state index in [1.165, 1.54) is 57.8 Å². The maximum absolute atomic E-state index is 2.29. The first-order valence-corrected chi connectivity index (χ1v) is 7.35. The second-order valence-electron chi connectivity index (χ2n) is 4.29. The van der Waals surface area contributed by atoms with Crippen molar-refractivity contribution >= 4 is 0 Å². The maximum atomic E-state index is 2.29. The molecule has 1 aliphatic rings. The molecule has 1 aliphatic carbocycles. The summed E-state index contributed by atoms with van der Waals surface area (Å²) in [7, 11) is 0. The van der Waals surface area contributed by atoms with Crippen molar-refractivity contribution in [2.75, 3.05) is 0 Å². The Hall–Kier alpha value is 0. The quantitative estimate of drug-likeness (QED) is 0.522. The van der Waals surface area contributed by atoms with Gasteiger partial charge in [-0.2, -0.15) is 0 Å². The van der Waals surface area contributed by atoms with E-state index in [1.54, 1.807) is 0 Å². The Morgan fingerprint density at radius 2 is 1.27 bits per heavy atom. The van der Waals surface area contributed by atoms with E-state index in [0.29, 0.717) is 0 Å². The van der Waals surface area contributed by atoms with Gasteiger partial charge in [0.05, 0.1) is 0 Å². The highest BCUT2D eigenvalue weighted by Gasteiger charge is 2.12. The van der Waals surface area contributed by atoms with Crippen LogP contribution in [-0.2, 0) is 0 Å². The summed E-state index contributed by atoms with van der Waals surface area (Å²) in [5.74, 6) is 1.11. The molecule has 0 bridgehead atoms. The predicted octanol–water partition coefficient (Wildman–Crippen LogP) is 6.20. The predicted molar refractivity (Wildman–Crippen MR) is 73.4 cm³/mol.